The average molecular weight is 266 g/mol. The van der Waals surface area contributed by atoms with Gasteiger partial charge in [-0.25, -0.2) is 4.98 Å². The molecular weight excluding hydrogens is 250 g/mol. The second-order valence-electron chi connectivity index (χ2n) is 4.42. The third-order valence-corrected chi connectivity index (χ3v) is 3.23. The molecule has 0 fully saturated rings. The van der Waals surface area contributed by atoms with Crippen LogP contribution in [0.1, 0.15) is 25.3 Å². The van der Waals surface area contributed by atoms with Gasteiger partial charge in [0.05, 0.1) is 19.7 Å². The van der Waals surface area contributed by atoms with E-state index in [0.29, 0.717) is 22.6 Å². The van der Waals surface area contributed by atoms with Crippen molar-refractivity contribution in [2.75, 3.05) is 14.2 Å². The molecular formula is C14H16ClNO2. The van der Waals surface area contributed by atoms with Crippen LogP contribution < -0.4 is 9.47 Å². The lowest BCUT2D eigenvalue weighted by molar-refractivity contribution is 0.356. The molecule has 0 aliphatic carbocycles. The van der Waals surface area contributed by atoms with Crippen molar-refractivity contribution in [2.24, 2.45) is 0 Å². The highest BCUT2D eigenvalue weighted by atomic mass is 35.5. The molecule has 0 bridgehead atoms. The van der Waals surface area contributed by atoms with Gasteiger partial charge in [0.25, 0.3) is 0 Å². The lowest BCUT2D eigenvalue weighted by atomic mass is 10.0. The minimum atomic E-state index is 0.336. The number of rotatable bonds is 3. The van der Waals surface area contributed by atoms with E-state index < -0.39 is 0 Å². The summed E-state index contributed by atoms with van der Waals surface area (Å²) in [5.41, 5.74) is 1.85. The second kappa shape index (κ2) is 5.02. The maximum absolute atomic E-state index is 6.18. The number of aromatic nitrogens is 1. The van der Waals surface area contributed by atoms with E-state index in [1.54, 1.807) is 14.2 Å². The van der Waals surface area contributed by atoms with Gasteiger partial charge in [0.15, 0.2) is 11.5 Å². The lowest BCUT2D eigenvalue weighted by Crippen LogP contribution is -1.95. The Hall–Kier alpha value is -1.48. The van der Waals surface area contributed by atoms with Gasteiger partial charge in [-0.05, 0) is 23.6 Å². The molecule has 0 amide bonds. The molecule has 2 aromatic rings. The zero-order valence-electron chi connectivity index (χ0n) is 11.0. The standard InChI is InChI=1S/C14H16ClNO2/c1-8(2)10-5-9-6-12(17-3)13(18-4)7-11(9)16-14(10)15/h5-8H,1-4H3. The zero-order chi connectivity index (χ0) is 13.3. The van der Waals surface area contributed by atoms with Gasteiger partial charge in [0.2, 0.25) is 0 Å². The largest absolute Gasteiger partial charge is 0.493 e. The van der Waals surface area contributed by atoms with Gasteiger partial charge in [-0.2, -0.15) is 0 Å². The van der Waals surface area contributed by atoms with Gasteiger partial charge in [0.1, 0.15) is 5.15 Å². The molecule has 18 heavy (non-hydrogen) atoms. The number of methoxy groups -OCH3 is 2. The van der Waals surface area contributed by atoms with E-state index in [4.69, 9.17) is 21.1 Å². The molecule has 96 valence electrons. The molecule has 0 saturated heterocycles. The molecule has 0 aliphatic heterocycles. The van der Waals surface area contributed by atoms with E-state index in [1.165, 1.54) is 0 Å². The maximum Gasteiger partial charge on any atom is 0.162 e. The van der Waals surface area contributed by atoms with Crippen LogP contribution in [0.5, 0.6) is 11.5 Å². The Morgan fingerprint density at radius 1 is 1.06 bits per heavy atom. The molecule has 1 aromatic carbocycles. The van der Waals surface area contributed by atoms with Gasteiger partial charge in [-0.15, -0.1) is 0 Å². The molecule has 0 aliphatic rings. The Morgan fingerprint density at radius 3 is 2.22 bits per heavy atom. The summed E-state index contributed by atoms with van der Waals surface area (Å²) in [6.45, 7) is 4.19. The van der Waals surface area contributed by atoms with E-state index in [-0.39, 0.29) is 0 Å². The summed E-state index contributed by atoms with van der Waals surface area (Å²) in [6.07, 6.45) is 0. The topological polar surface area (TPSA) is 31.4 Å². The van der Waals surface area contributed by atoms with Crippen molar-refractivity contribution in [3.05, 3.63) is 28.9 Å². The fraction of sp³-hybridized carbons (Fsp3) is 0.357. The third-order valence-electron chi connectivity index (χ3n) is 2.92. The molecule has 3 nitrogen and oxygen atoms in total. The van der Waals surface area contributed by atoms with E-state index in [2.05, 4.69) is 24.9 Å². The number of benzene rings is 1. The Kier molecular flexibility index (Phi) is 3.62. The van der Waals surface area contributed by atoms with Gasteiger partial charge < -0.3 is 9.47 Å². The van der Waals surface area contributed by atoms with Crippen molar-refractivity contribution in [1.29, 1.82) is 0 Å². The predicted octanol–water partition coefficient (Wildman–Crippen LogP) is 4.03. The minimum absolute atomic E-state index is 0.336. The van der Waals surface area contributed by atoms with Crippen LogP contribution in [0.3, 0.4) is 0 Å². The molecule has 0 N–H and O–H groups in total. The molecule has 0 atom stereocenters. The molecule has 0 spiro atoms. The van der Waals surface area contributed by atoms with Crippen LogP contribution in [0.2, 0.25) is 5.15 Å². The highest BCUT2D eigenvalue weighted by Crippen LogP contribution is 2.34. The number of hydrogen-bond donors (Lipinski definition) is 0. The van der Waals surface area contributed by atoms with Gasteiger partial charge in [-0.1, -0.05) is 25.4 Å². The summed E-state index contributed by atoms with van der Waals surface area (Å²) < 4.78 is 10.5. The first kappa shape index (κ1) is 13.0. The first-order valence-electron chi connectivity index (χ1n) is 5.79. The number of nitrogens with zero attached hydrogens (tertiary/aromatic N) is 1. The SMILES string of the molecule is COc1cc2cc(C(C)C)c(Cl)nc2cc1OC. The predicted molar refractivity (Wildman–Crippen MR) is 73.9 cm³/mol. The van der Waals surface area contributed by atoms with Crippen LogP contribution in [0, 0.1) is 0 Å². The van der Waals surface area contributed by atoms with Gasteiger partial charge in [-0.3, -0.25) is 0 Å². The van der Waals surface area contributed by atoms with Gasteiger partial charge >= 0.3 is 0 Å². The number of halogens is 1. The monoisotopic (exact) mass is 265 g/mol. The van der Waals surface area contributed by atoms with Crippen molar-refractivity contribution >= 4 is 22.5 Å². The molecule has 0 saturated carbocycles. The summed E-state index contributed by atoms with van der Waals surface area (Å²) in [7, 11) is 3.23. The Morgan fingerprint density at radius 2 is 1.67 bits per heavy atom. The maximum atomic E-state index is 6.18. The first-order chi connectivity index (χ1) is 8.56. The summed E-state index contributed by atoms with van der Waals surface area (Å²) in [4.78, 5) is 4.41. The second-order valence-corrected chi connectivity index (χ2v) is 4.78. The van der Waals surface area contributed by atoms with Crippen LogP contribution in [0.15, 0.2) is 18.2 Å². The smallest absolute Gasteiger partial charge is 0.162 e. The van der Waals surface area contributed by atoms with E-state index in [0.717, 1.165) is 16.5 Å². The molecule has 1 heterocycles. The van der Waals surface area contributed by atoms with Crippen molar-refractivity contribution in [3.8, 4) is 11.5 Å². The normalized spacial score (nSPS) is 11.0. The Labute approximate surface area is 112 Å². The summed E-state index contributed by atoms with van der Waals surface area (Å²) in [6, 6.07) is 5.81. The molecule has 0 unspecified atom stereocenters. The lowest BCUT2D eigenvalue weighted by Gasteiger charge is -2.12. The summed E-state index contributed by atoms with van der Waals surface area (Å²) in [5, 5.41) is 1.55. The summed E-state index contributed by atoms with van der Waals surface area (Å²) >= 11 is 6.18. The molecule has 1 aromatic heterocycles. The number of fused-ring (bicyclic) bond motifs is 1. The van der Waals surface area contributed by atoms with Crippen LogP contribution in [0.4, 0.5) is 0 Å². The van der Waals surface area contributed by atoms with E-state index in [9.17, 15) is 0 Å². The van der Waals surface area contributed by atoms with Crippen molar-refractivity contribution in [3.63, 3.8) is 0 Å². The highest BCUT2D eigenvalue weighted by Gasteiger charge is 2.12. The zero-order valence-corrected chi connectivity index (χ0v) is 11.7. The van der Waals surface area contributed by atoms with E-state index >= 15 is 0 Å². The molecule has 4 heteroatoms. The minimum Gasteiger partial charge on any atom is -0.493 e. The highest BCUT2D eigenvalue weighted by molar-refractivity contribution is 6.30. The van der Waals surface area contributed by atoms with Crippen molar-refractivity contribution in [2.45, 2.75) is 19.8 Å². The van der Waals surface area contributed by atoms with Crippen molar-refractivity contribution < 1.29 is 9.47 Å². The summed E-state index contributed by atoms with van der Waals surface area (Å²) in [5.74, 6) is 1.69. The fourth-order valence-electron chi connectivity index (χ4n) is 1.90. The van der Waals surface area contributed by atoms with Crippen LogP contribution in [-0.4, -0.2) is 19.2 Å². The third kappa shape index (κ3) is 2.23. The molecule has 2 rings (SSSR count). The fourth-order valence-corrected chi connectivity index (χ4v) is 2.26. The quantitative estimate of drug-likeness (QED) is 0.785. The Bertz CT molecular complexity index is 582. The van der Waals surface area contributed by atoms with E-state index in [1.807, 2.05) is 12.1 Å². The molecule has 0 radical (unpaired) electrons. The first-order valence-corrected chi connectivity index (χ1v) is 6.16. The van der Waals surface area contributed by atoms with Crippen molar-refractivity contribution in [1.82, 2.24) is 4.98 Å². The van der Waals surface area contributed by atoms with Crippen LogP contribution in [-0.2, 0) is 0 Å². The average Bonchev–Trinajstić information content (AvgIpc) is 2.36. The number of hydrogen-bond acceptors (Lipinski definition) is 3. The Balaban J connectivity index is 2.70. The van der Waals surface area contributed by atoms with Gasteiger partial charge in [0, 0.05) is 11.5 Å². The van der Waals surface area contributed by atoms with Crippen LogP contribution in [0.25, 0.3) is 10.9 Å². The number of ether oxygens (including phenoxy) is 2. The van der Waals surface area contributed by atoms with Crippen LogP contribution >= 0.6 is 11.6 Å². The number of pyridine rings is 1.